The van der Waals surface area contributed by atoms with E-state index in [1.807, 2.05) is 18.7 Å². The Hall–Kier alpha value is -1.43. The molecule has 2 amide bonds. The van der Waals surface area contributed by atoms with Crippen molar-refractivity contribution >= 4 is 28.3 Å². The molecule has 22 heavy (non-hydrogen) atoms. The summed E-state index contributed by atoms with van der Waals surface area (Å²) in [6.45, 7) is 6.68. The Kier molecular flexibility index (Phi) is 5.94. The lowest BCUT2D eigenvalue weighted by Gasteiger charge is -2.33. The third-order valence-electron chi connectivity index (χ3n) is 4.01. The number of nitrogens with one attached hydrogen (secondary N) is 1. The number of thiazole rings is 1. The zero-order valence-electron chi connectivity index (χ0n) is 13.6. The Morgan fingerprint density at radius 2 is 2.09 bits per heavy atom. The molecule has 0 aliphatic heterocycles. The van der Waals surface area contributed by atoms with E-state index in [9.17, 15) is 9.59 Å². The molecule has 0 saturated carbocycles. The molecule has 1 N–H and O–H groups in total. The summed E-state index contributed by atoms with van der Waals surface area (Å²) >= 11 is 1.56. The molecular formula is C16H25N3O2S. The first kappa shape index (κ1) is 16.9. The molecule has 0 aromatic carbocycles. The van der Waals surface area contributed by atoms with Crippen LogP contribution in [0.5, 0.6) is 0 Å². The fraction of sp³-hybridized carbons (Fsp3) is 0.688. The molecule has 5 nitrogen and oxygen atoms in total. The maximum absolute atomic E-state index is 12.2. The molecule has 122 valence electrons. The highest BCUT2D eigenvalue weighted by atomic mass is 32.1. The summed E-state index contributed by atoms with van der Waals surface area (Å²) in [5.41, 5.74) is 1.09. The van der Waals surface area contributed by atoms with E-state index < -0.39 is 0 Å². The maximum Gasteiger partial charge on any atom is 0.225 e. The summed E-state index contributed by atoms with van der Waals surface area (Å²) in [7, 11) is 0. The minimum Gasteiger partial charge on any atom is -0.339 e. The van der Waals surface area contributed by atoms with Crippen molar-refractivity contribution in [3.05, 3.63) is 10.6 Å². The molecule has 1 heterocycles. The molecule has 1 aliphatic rings. The van der Waals surface area contributed by atoms with Crippen LogP contribution < -0.4 is 5.32 Å². The normalized spacial score (nSPS) is 17.0. The van der Waals surface area contributed by atoms with Gasteiger partial charge in [0.1, 0.15) is 0 Å². The van der Waals surface area contributed by atoms with Gasteiger partial charge in [0.05, 0.1) is 5.69 Å². The first-order chi connectivity index (χ1) is 10.6. The van der Waals surface area contributed by atoms with E-state index >= 15 is 0 Å². The first-order valence-electron chi connectivity index (χ1n) is 8.16. The molecule has 1 aromatic rings. The second-order valence-corrected chi connectivity index (χ2v) is 6.71. The van der Waals surface area contributed by atoms with Crippen LogP contribution in [-0.2, 0) is 22.4 Å². The molecule has 1 aromatic heterocycles. The van der Waals surface area contributed by atoms with E-state index in [4.69, 9.17) is 0 Å². The Balaban J connectivity index is 2.09. The highest BCUT2D eigenvalue weighted by Gasteiger charge is 2.28. The number of anilines is 1. The lowest BCUT2D eigenvalue weighted by molar-refractivity contribution is -0.133. The molecule has 2 rings (SSSR count). The predicted octanol–water partition coefficient (Wildman–Crippen LogP) is 3.00. The van der Waals surface area contributed by atoms with Crippen molar-refractivity contribution in [2.75, 3.05) is 11.9 Å². The van der Waals surface area contributed by atoms with Gasteiger partial charge in [-0.3, -0.25) is 9.59 Å². The van der Waals surface area contributed by atoms with Crippen LogP contribution in [0.4, 0.5) is 5.13 Å². The van der Waals surface area contributed by atoms with Crippen molar-refractivity contribution in [3.8, 4) is 0 Å². The minimum atomic E-state index is -0.00332. The van der Waals surface area contributed by atoms with Crippen LogP contribution in [0.2, 0.25) is 0 Å². The lowest BCUT2D eigenvalue weighted by atomic mass is 9.96. The molecule has 6 heteroatoms. The number of nitrogens with zero attached hydrogens (tertiary/aromatic N) is 2. The molecule has 0 fully saturated rings. The number of carbonyl (C=O) groups is 2. The van der Waals surface area contributed by atoms with Gasteiger partial charge in [-0.25, -0.2) is 4.98 Å². The van der Waals surface area contributed by atoms with Gasteiger partial charge in [0.2, 0.25) is 11.8 Å². The fourth-order valence-corrected chi connectivity index (χ4v) is 3.93. The average Bonchev–Trinajstić information content (AvgIpc) is 2.92. The Bertz CT molecular complexity index is 541. The molecule has 1 aliphatic carbocycles. The largest absolute Gasteiger partial charge is 0.339 e. The van der Waals surface area contributed by atoms with Crippen molar-refractivity contribution in [2.24, 2.45) is 0 Å². The summed E-state index contributed by atoms with van der Waals surface area (Å²) in [4.78, 5) is 31.4. The van der Waals surface area contributed by atoms with Crippen molar-refractivity contribution in [1.29, 1.82) is 0 Å². The van der Waals surface area contributed by atoms with Crippen LogP contribution in [0.25, 0.3) is 0 Å². The zero-order valence-corrected chi connectivity index (χ0v) is 14.5. The van der Waals surface area contributed by atoms with Gasteiger partial charge in [0.15, 0.2) is 5.13 Å². The van der Waals surface area contributed by atoms with Crippen molar-refractivity contribution in [3.63, 3.8) is 0 Å². The summed E-state index contributed by atoms with van der Waals surface area (Å²) < 4.78 is 0. The molecule has 0 bridgehead atoms. The Morgan fingerprint density at radius 3 is 2.73 bits per heavy atom. The molecule has 0 spiro atoms. The van der Waals surface area contributed by atoms with Gasteiger partial charge in [0.25, 0.3) is 0 Å². The van der Waals surface area contributed by atoms with Crippen LogP contribution in [0, 0.1) is 0 Å². The number of hydrogen-bond donors (Lipinski definition) is 1. The third kappa shape index (κ3) is 3.85. The highest BCUT2D eigenvalue weighted by molar-refractivity contribution is 7.15. The number of aromatic nitrogens is 1. The molecule has 0 unspecified atom stereocenters. The number of fused-ring (bicyclic) bond motifs is 1. The van der Waals surface area contributed by atoms with Crippen LogP contribution in [0.1, 0.15) is 57.0 Å². The van der Waals surface area contributed by atoms with Crippen LogP contribution in [-0.4, -0.2) is 34.3 Å². The number of amides is 2. The van der Waals surface area contributed by atoms with Crippen LogP contribution in [0.15, 0.2) is 0 Å². The second kappa shape index (κ2) is 7.72. The summed E-state index contributed by atoms with van der Waals surface area (Å²) in [5, 5.41) is 3.54. The van der Waals surface area contributed by atoms with E-state index in [1.165, 1.54) is 4.88 Å². The van der Waals surface area contributed by atoms with E-state index in [2.05, 4.69) is 17.2 Å². The van der Waals surface area contributed by atoms with Gasteiger partial charge in [-0.1, -0.05) is 20.8 Å². The van der Waals surface area contributed by atoms with E-state index in [0.29, 0.717) is 18.0 Å². The zero-order chi connectivity index (χ0) is 16.1. The number of aryl methyl sites for hydroxylation is 1. The summed E-state index contributed by atoms with van der Waals surface area (Å²) in [5.74, 6) is 0.232. The average molecular weight is 323 g/mol. The topological polar surface area (TPSA) is 62.3 Å². The summed E-state index contributed by atoms with van der Waals surface area (Å²) in [6, 6.07) is 0.273. The van der Waals surface area contributed by atoms with Crippen molar-refractivity contribution < 1.29 is 9.59 Å². The number of hydrogen-bond acceptors (Lipinski definition) is 4. The molecule has 0 saturated heterocycles. The minimum absolute atomic E-state index is 0.00332. The third-order valence-corrected chi connectivity index (χ3v) is 5.04. The smallest absolute Gasteiger partial charge is 0.225 e. The standard InChI is InChI=1S/C16H25N3O2S/c1-4-9-19(15(21)6-3)11-7-8-12-13(10-11)22-16(17-12)18-14(20)5-2/h11H,4-10H2,1-3H3,(H,17,18,20)/t11-/m1/s1. The number of rotatable bonds is 6. The van der Waals surface area contributed by atoms with Crippen LogP contribution >= 0.6 is 11.3 Å². The molecule has 0 radical (unpaired) electrons. The quantitative estimate of drug-likeness (QED) is 0.875. The lowest BCUT2D eigenvalue weighted by Crippen LogP contribution is -2.43. The van der Waals surface area contributed by atoms with E-state index in [0.717, 1.165) is 37.9 Å². The monoisotopic (exact) mass is 323 g/mol. The molecule has 1 atom stereocenters. The van der Waals surface area contributed by atoms with E-state index in [-0.39, 0.29) is 17.9 Å². The first-order valence-corrected chi connectivity index (χ1v) is 8.98. The number of carbonyl (C=O) groups excluding carboxylic acids is 2. The summed E-state index contributed by atoms with van der Waals surface area (Å²) in [6.07, 6.45) is 4.71. The maximum atomic E-state index is 12.2. The van der Waals surface area contributed by atoms with Gasteiger partial charge >= 0.3 is 0 Å². The van der Waals surface area contributed by atoms with Crippen molar-refractivity contribution in [1.82, 2.24) is 9.88 Å². The second-order valence-electron chi connectivity index (χ2n) is 5.63. The van der Waals surface area contributed by atoms with Crippen LogP contribution in [0.3, 0.4) is 0 Å². The Labute approximate surface area is 136 Å². The van der Waals surface area contributed by atoms with Gasteiger partial charge in [0, 0.05) is 36.7 Å². The SMILES string of the molecule is CCCN(C(=O)CC)[C@@H]1CCc2nc(NC(=O)CC)sc2C1. The Morgan fingerprint density at radius 1 is 1.32 bits per heavy atom. The molecular weight excluding hydrogens is 298 g/mol. The predicted molar refractivity (Wildman–Crippen MR) is 89.1 cm³/mol. The fourth-order valence-electron chi connectivity index (χ4n) is 2.84. The van der Waals surface area contributed by atoms with Crippen molar-refractivity contribution in [2.45, 2.75) is 65.3 Å². The van der Waals surface area contributed by atoms with E-state index in [1.54, 1.807) is 11.3 Å². The van der Waals surface area contributed by atoms with Gasteiger partial charge in [-0.2, -0.15) is 0 Å². The highest BCUT2D eigenvalue weighted by Crippen LogP contribution is 2.32. The van der Waals surface area contributed by atoms with Gasteiger partial charge < -0.3 is 10.2 Å². The van der Waals surface area contributed by atoms with Gasteiger partial charge in [-0.15, -0.1) is 11.3 Å². The van der Waals surface area contributed by atoms with Gasteiger partial charge in [-0.05, 0) is 19.3 Å².